The van der Waals surface area contributed by atoms with Crippen molar-refractivity contribution in [1.29, 1.82) is 0 Å². The molecule has 6 nitrogen and oxygen atoms in total. The third-order valence-electron chi connectivity index (χ3n) is 23.4. The number of pyridine rings is 5. The Morgan fingerprint density at radius 2 is 0.260 bits per heavy atom. The fourth-order valence-corrected chi connectivity index (χ4v) is 16.6. The van der Waals surface area contributed by atoms with E-state index in [0.717, 1.165) is 34.2 Å². The summed E-state index contributed by atoms with van der Waals surface area (Å²) in [7, 11) is 0. The molecular weight excluding hydrogens is 2190 g/mol. The summed E-state index contributed by atoms with van der Waals surface area (Å²) in [5, 5.41) is 0. The fourth-order valence-electron chi connectivity index (χ4n) is 16.6. The van der Waals surface area contributed by atoms with E-state index in [1.54, 1.807) is 0 Å². The van der Waals surface area contributed by atoms with Gasteiger partial charge in [0, 0.05) is 24.8 Å². The second kappa shape index (κ2) is 41.2. The van der Waals surface area contributed by atoms with Crippen molar-refractivity contribution in [2.45, 2.75) is 123 Å². The van der Waals surface area contributed by atoms with E-state index in [0.29, 0.717) is 0 Å². The maximum Gasteiger partial charge on any atom is 2.00 e. The molecule has 0 spiro atoms. The van der Waals surface area contributed by atoms with Crippen LogP contribution in [-0.4, -0.2) is 42.7 Å². The second-order valence-electron chi connectivity index (χ2n) is 33.0. The predicted molar refractivity (Wildman–Crippen MR) is 436 cm³/mol. The van der Waals surface area contributed by atoms with E-state index in [1.807, 2.05) is 116 Å². The molecule has 13 aromatic rings. The average molecular weight is 2240 g/mol. The molecule has 8 aromatic carbocycles. The Labute approximate surface area is 819 Å². The van der Waals surface area contributed by atoms with Crippen LogP contribution < -0.4 is 43.7 Å². The summed E-state index contributed by atoms with van der Waals surface area (Å²) in [4.78, 5) is 24.1. The first-order valence-electron chi connectivity index (χ1n) is 40.5. The average Bonchev–Trinajstić information content (AvgIpc) is 0.704. The monoisotopic (exact) mass is 2240 g/mol. The van der Waals surface area contributed by atoms with E-state index in [9.17, 15) is 211 Å². The Bertz CT molecular complexity index is 5610. The first-order valence-corrected chi connectivity index (χ1v) is 40.5. The molecule has 2 N–H and O–H groups in total. The smallest absolute Gasteiger partial charge is 0.412 e. The third-order valence-corrected chi connectivity index (χ3v) is 23.4. The maximum atomic E-state index is 14.2. The molecule has 0 unspecified atom stereocenters. The van der Waals surface area contributed by atoms with Crippen LogP contribution in [0.2, 0.25) is 0 Å². The molecule has 0 bridgehead atoms. The van der Waals surface area contributed by atoms with Gasteiger partial charge in [-0.05, 0) is 123 Å². The molecule has 150 heavy (non-hydrogen) atoms. The van der Waals surface area contributed by atoms with Crippen molar-refractivity contribution in [1.82, 2.24) is 24.9 Å². The summed E-state index contributed by atoms with van der Waals surface area (Å²) in [5.74, 6) is 0. The van der Waals surface area contributed by atoms with Gasteiger partial charge in [-0.15, -0.1) is 0 Å². The zero-order chi connectivity index (χ0) is 111. The summed E-state index contributed by atoms with van der Waals surface area (Å²) >= 11 is 0. The summed E-state index contributed by atoms with van der Waals surface area (Å²) in [6, 6.07) is 12.3. The third kappa shape index (κ3) is 26.0. The van der Waals surface area contributed by atoms with E-state index < -0.39 is 400 Å². The Kier molecular flexibility index (Phi) is 33.0. The van der Waals surface area contributed by atoms with Gasteiger partial charge in [0.15, 0.2) is 0 Å². The Morgan fingerprint density at radius 3 is 0.353 bits per heavy atom. The molecule has 57 heteroatoms. The Hall–Kier alpha value is -13.2. The van der Waals surface area contributed by atoms with E-state index >= 15 is 0 Å². The zero-order valence-corrected chi connectivity index (χ0v) is 74.5. The molecule has 0 saturated heterocycles. The molecule has 0 amide bonds. The van der Waals surface area contributed by atoms with Crippen molar-refractivity contribution >= 4 is 56.0 Å². The number of alkyl halides is 48. The van der Waals surface area contributed by atoms with Crippen molar-refractivity contribution < 1.29 is 234 Å². The summed E-state index contributed by atoms with van der Waals surface area (Å²) in [5.41, 5.74) is -56.4. The Balaban J connectivity index is 0.000000256. The molecule has 0 aliphatic heterocycles. The van der Waals surface area contributed by atoms with Crippen LogP contribution in [0.4, 0.5) is 211 Å². The van der Waals surface area contributed by atoms with Crippen LogP contribution in [0.25, 0.3) is 0 Å². The largest absolute Gasteiger partial charge is 2.00 e. The van der Waals surface area contributed by atoms with Gasteiger partial charge in [0.1, 0.15) is 12.3 Å². The number of benzene rings is 8. The summed E-state index contributed by atoms with van der Waals surface area (Å²) in [6.45, 7) is 4.26. The fraction of sp³-hybridized carbons (Fsp3) is 0.215. The van der Waals surface area contributed by atoms with Gasteiger partial charge in [-0.3, -0.25) is 24.9 Å². The molecule has 13 rings (SSSR count). The molecule has 0 aliphatic carbocycles. The van der Waals surface area contributed by atoms with Crippen molar-refractivity contribution in [3.63, 3.8) is 0 Å². The minimum atomic E-state index is -6.13. The minimum Gasteiger partial charge on any atom is -0.412 e. The van der Waals surface area contributed by atoms with Gasteiger partial charge in [0.25, 0.3) is 0 Å². The molecule has 0 radical (unpaired) electrons. The van der Waals surface area contributed by atoms with Crippen molar-refractivity contribution in [3.8, 4) is 0 Å². The summed E-state index contributed by atoms with van der Waals surface area (Å²) < 4.78 is 682. The number of hydrogen-bond donors (Lipinski definition) is 0. The van der Waals surface area contributed by atoms with Gasteiger partial charge in [-0.25, -0.2) is 0 Å². The van der Waals surface area contributed by atoms with Crippen LogP contribution in [0.15, 0.2) is 261 Å². The first kappa shape index (κ1) is 120. The summed E-state index contributed by atoms with van der Waals surface area (Å²) in [6.07, 6.45) is -102. The first-order chi connectivity index (χ1) is 67.2. The van der Waals surface area contributed by atoms with Gasteiger partial charge in [0.05, 0.1) is 134 Å². The van der Waals surface area contributed by atoms with Gasteiger partial charge in [-0.1, -0.05) is 127 Å². The standard InChI is InChI=1S/2C32H12BF24.C29H25N5.Cr.H2O/c2*34-25(35,36)13-1-14(26(37,38)39)6-21(5-13)33(22-7-15(27(40,41)42)2-16(8-22)28(43,44)45,23-9-17(29(46,47)48)3-18(10-23)30(49,50)51)24-11-19(31(52,53)54)4-20(12-24)32(55,56)57;1-28(22-12-3-7-18-30-22,23-13-4-8-19-31-23)26-16-11-17-27(34-26)29(2,24-14-5-9-20-32-24)25-15-6-10-21-33-25;;/h2*1-12H;3-21H,1-2H3;;1H2/q2*-1;;+2;. The maximum absolute atomic E-state index is 14.2. The minimum absolute atomic E-state index is 0. The Morgan fingerprint density at radius 1 is 0.153 bits per heavy atom. The van der Waals surface area contributed by atoms with E-state index in [-0.39, 0.29) is 22.8 Å². The van der Waals surface area contributed by atoms with Gasteiger partial charge < -0.3 is 5.48 Å². The second-order valence-corrected chi connectivity index (χ2v) is 33.0. The molecule has 0 aliphatic rings. The zero-order valence-electron chi connectivity index (χ0n) is 73.3. The van der Waals surface area contributed by atoms with Crippen LogP contribution >= 0.6 is 0 Å². The quantitative estimate of drug-likeness (QED) is 0.0798. The molecule has 5 heterocycles. The number of aromatic nitrogens is 5. The van der Waals surface area contributed by atoms with Crippen molar-refractivity contribution in [2.24, 2.45) is 0 Å². The molecule has 0 fully saturated rings. The van der Waals surface area contributed by atoms with E-state index in [4.69, 9.17) is 24.9 Å². The normalized spacial score (nSPS) is 13.6. The van der Waals surface area contributed by atoms with Crippen LogP contribution in [0.1, 0.15) is 137 Å². The van der Waals surface area contributed by atoms with Gasteiger partial charge >= 0.3 is 116 Å². The van der Waals surface area contributed by atoms with Crippen molar-refractivity contribution in [2.75, 3.05) is 0 Å². The van der Waals surface area contributed by atoms with Crippen LogP contribution in [0.5, 0.6) is 0 Å². The van der Waals surface area contributed by atoms with Crippen LogP contribution in [-0.2, 0) is 127 Å². The van der Waals surface area contributed by atoms with Crippen LogP contribution in [0.3, 0.4) is 0 Å². The number of halogens is 48. The van der Waals surface area contributed by atoms with E-state index in [2.05, 4.69) is 13.8 Å². The number of rotatable bonds is 14. The molecule has 802 valence electrons. The predicted octanol–water partition coefficient (Wildman–Crippen LogP) is 27.0. The molecule has 0 saturated carbocycles. The molecule has 0 atom stereocenters. The van der Waals surface area contributed by atoms with Gasteiger partial charge in [-0.2, -0.15) is 254 Å². The SMILES string of the molecule is CC(c1ccccn1)(c1ccccn1)c1cccc(C(C)(c2ccccn2)c2ccccn2)n1.FC(F)(F)c1cc([B-](c2cc(C(F)(F)F)cc(C(F)(F)F)c2)(c2cc(C(F)(F)F)cc(C(F)(F)F)c2)c2cc(C(F)(F)F)cc(C(F)(F)F)c2)cc(C(F)(F)F)c1.FC(F)(F)c1cc([B-](c2cc(C(F)(F)F)cc(C(F)(F)F)c2)(c2cc(C(F)(F)F)cc(C(F)(F)F)c2)c2cc(C(F)(F)F)cc(C(F)(F)F)c2)cc(C(F)(F)F)c1.O.[Cr+2]. The number of nitrogens with zero attached hydrogens (tertiary/aromatic N) is 5. The number of hydrogen-bond acceptors (Lipinski definition) is 5. The molecule has 5 aromatic heterocycles. The van der Waals surface area contributed by atoms with Crippen LogP contribution in [0, 0.1) is 0 Å². The van der Waals surface area contributed by atoms with Crippen molar-refractivity contribution in [3.05, 3.63) is 385 Å². The topological polar surface area (TPSA) is 96.0 Å². The van der Waals surface area contributed by atoms with Gasteiger partial charge in [0.2, 0.25) is 0 Å². The van der Waals surface area contributed by atoms with E-state index in [1.165, 1.54) is 0 Å². The molecular formula is C93H51B2CrF48N5O.